The molecule has 4 aromatic carbocycles. The van der Waals surface area contributed by atoms with Gasteiger partial charge in [0, 0.05) is 17.9 Å². The van der Waals surface area contributed by atoms with Crippen molar-refractivity contribution in [1.82, 2.24) is 44.5 Å². The fraction of sp³-hybridized carbons (Fsp3) is 0.333. The average Bonchev–Trinajstić information content (AvgIpc) is 3.21. The summed E-state index contributed by atoms with van der Waals surface area (Å²) in [6.07, 6.45) is -7.80. The maximum atomic E-state index is 18.0. The summed E-state index contributed by atoms with van der Waals surface area (Å²) in [5.74, 6) is -0.398. The minimum atomic E-state index is -3.60. The molecule has 4 N–H and O–H groups in total. The number of anilines is 2. The number of carbonyl (C=O) groups is 2. The van der Waals surface area contributed by atoms with Gasteiger partial charge >= 0.3 is 16.9 Å². The number of nitrogens with zero attached hydrogens (tertiary/aromatic N) is 9. The van der Waals surface area contributed by atoms with Gasteiger partial charge in [-0.3, -0.25) is 33.8 Å². The van der Waals surface area contributed by atoms with Crippen molar-refractivity contribution in [3.8, 4) is 17.6 Å². The third-order valence-electron chi connectivity index (χ3n) is 13.5. The first-order valence-corrected chi connectivity index (χ1v) is 28.3. The van der Waals surface area contributed by atoms with Gasteiger partial charge in [0.05, 0.1) is 59.0 Å². The zero-order valence-corrected chi connectivity index (χ0v) is 46.7. The number of benzene rings is 4. The van der Waals surface area contributed by atoms with E-state index in [9.17, 15) is 29.1 Å². The maximum absolute atomic E-state index is 18.0. The van der Waals surface area contributed by atoms with Crippen LogP contribution in [0.1, 0.15) is 66.2 Å². The molecule has 0 spiro atoms. The van der Waals surface area contributed by atoms with E-state index >= 15 is 4.39 Å². The number of aromatic amines is 1. The number of imidazole rings is 1. The zero-order chi connectivity index (χ0) is 58.2. The van der Waals surface area contributed by atoms with Gasteiger partial charge in [0.25, 0.3) is 11.5 Å². The van der Waals surface area contributed by atoms with Crippen molar-refractivity contribution in [2.45, 2.75) is 75.3 Å². The van der Waals surface area contributed by atoms with E-state index in [4.69, 9.17) is 41.8 Å². The molecule has 0 bridgehead atoms. The highest BCUT2D eigenvalue weighted by atomic mass is 31.2. The molecule has 10 rings (SSSR count). The molecule has 83 heavy (non-hydrogen) atoms. The fourth-order valence-corrected chi connectivity index (χ4v) is 11.1. The number of rotatable bonds is 24. The fourth-order valence-electron chi connectivity index (χ4n) is 9.47. The summed E-state index contributed by atoms with van der Waals surface area (Å²) >= 11 is 0. The van der Waals surface area contributed by atoms with Gasteiger partial charge in [-0.05, 0) is 53.1 Å². The third-order valence-corrected chi connectivity index (χ3v) is 15.2. The van der Waals surface area contributed by atoms with Crippen LogP contribution >= 0.6 is 16.9 Å². The van der Waals surface area contributed by atoms with E-state index < -0.39 is 88.8 Å². The molecule has 0 saturated carbocycles. The van der Waals surface area contributed by atoms with Crippen molar-refractivity contribution in [3.63, 3.8) is 0 Å². The van der Waals surface area contributed by atoms with Gasteiger partial charge in [-0.1, -0.05) is 91.9 Å². The van der Waals surface area contributed by atoms with Crippen LogP contribution in [0.3, 0.4) is 0 Å². The van der Waals surface area contributed by atoms with Crippen molar-refractivity contribution in [2.75, 3.05) is 44.7 Å². The Morgan fingerprint density at radius 2 is 1.55 bits per heavy atom. The Morgan fingerprint density at radius 3 is 2.20 bits per heavy atom. The molecule has 9 atom stereocenters. The second kappa shape index (κ2) is 26.1. The predicted molar refractivity (Wildman–Crippen MR) is 295 cm³/mol. The van der Waals surface area contributed by atoms with Gasteiger partial charge in [-0.15, -0.1) is 5.10 Å². The molecular weight excluding hydrogens is 1120 g/mol. The number of ether oxygens (including phenoxy) is 5. The molecule has 26 nitrogen and oxygen atoms in total. The normalized spacial score (nSPS) is 20.5. The molecule has 432 valence electrons. The van der Waals surface area contributed by atoms with E-state index in [1.54, 1.807) is 82.7 Å². The van der Waals surface area contributed by atoms with Crippen LogP contribution < -0.4 is 25.7 Å². The number of fused-ring (bicyclic) bond motifs is 2. The first-order chi connectivity index (χ1) is 40.3. The molecule has 4 aromatic heterocycles. The van der Waals surface area contributed by atoms with Gasteiger partial charge in [0.1, 0.15) is 41.7 Å². The summed E-state index contributed by atoms with van der Waals surface area (Å²) in [4.78, 5) is 68.7. The van der Waals surface area contributed by atoms with Crippen molar-refractivity contribution in [1.29, 1.82) is 5.26 Å². The van der Waals surface area contributed by atoms with Crippen LogP contribution in [0.4, 0.5) is 16.2 Å². The van der Waals surface area contributed by atoms with Crippen LogP contribution in [0.25, 0.3) is 22.3 Å². The number of nitrogens with one attached hydrogen (secondary N) is 3. The highest BCUT2D eigenvalue weighted by Crippen LogP contribution is 2.50. The summed E-state index contributed by atoms with van der Waals surface area (Å²) in [7, 11) is -3.14. The Bertz CT molecular complexity index is 3630. The molecule has 2 aliphatic rings. The molecule has 8 aromatic rings. The van der Waals surface area contributed by atoms with Crippen LogP contribution in [0, 0.1) is 17.2 Å². The number of halogens is 1. The first kappa shape index (κ1) is 58.2. The Labute approximate surface area is 474 Å². The largest absolute Gasteiger partial charge is 0.497 e. The second-order valence-corrected chi connectivity index (χ2v) is 21.0. The number of methoxy groups -OCH3 is 2. The number of alkyl halides is 1. The number of H-pyrrole nitrogens is 1. The van der Waals surface area contributed by atoms with Crippen molar-refractivity contribution >= 4 is 62.8 Å². The number of nitriles is 1. The molecule has 2 aliphatic heterocycles. The summed E-state index contributed by atoms with van der Waals surface area (Å²) in [6, 6.07) is 34.4. The Hall–Kier alpha value is -7.99. The molecule has 29 heteroatoms. The van der Waals surface area contributed by atoms with Crippen molar-refractivity contribution < 1.29 is 65.2 Å². The number of hydrogen-bond acceptors (Lipinski definition) is 20. The standard InChI is InChI=1S/C54H55FN12O14P2/c1-31(2)48(68)62-53-61-47-43(50(70)63-53)59-30-66(47)51-39(80-82(71)72)26-38(78-51)27-77-83(76-25-11-24-56)81-44-40(79-52(41(44)55)67-46-42(64-65-67)45(57-29-58-46)60-49(69)32-12-7-5-8-13-32)28-75-54(33-14-9-6-10-15-33,34-16-20-36(73-3)21-17-34)35-18-22-37(74-4)23-19-35/h5-10,12-23,29-31,38-41,44,51-52,82H,11,25-28H2,1-4H3,(H,71,72)(H,57,58,60,69)(H2,61,62,63,68,70)/t38-,39-,40+,41-,44+,51+,52+,83?/m0/s1. The highest BCUT2D eigenvalue weighted by Gasteiger charge is 2.52. The van der Waals surface area contributed by atoms with E-state index in [-0.39, 0.29) is 66.8 Å². The molecule has 2 saturated heterocycles. The third kappa shape index (κ3) is 12.7. The molecule has 2 amide bonds. The smallest absolute Gasteiger partial charge is 0.333 e. The van der Waals surface area contributed by atoms with Crippen LogP contribution in [-0.4, -0.2) is 126 Å². The topological polar surface area (TPSA) is 322 Å². The molecule has 0 radical (unpaired) electrons. The monoisotopic (exact) mass is 1180 g/mol. The Morgan fingerprint density at radius 1 is 0.880 bits per heavy atom. The van der Waals surface area contributed by atoms with Gasteiger partial charge in [0.2, 0.25) is 11.9 Å². The van der Waals surface area contributed by atoms with E-state index in [1.165, 1.54) is 10.9 Å². The average molecular weight is 1180 g/mol. The molecular formula is C54H55FN12O14P2. The van der Waals surface area contributed by atoms with Crippen LogP contribution in [0.15, 0.2) is 127 Å². The van der Waals surface area contributed by atoms with Crippen LogP contribution in [0.2, 0.25) is 0 Å². The molecule has 2 fully saturated rings. The van der Waals surface area contributed by atoms with E-state index in [2.05, 4.69) is 45.9 Å². The number of aromatic nitrogens is 9. The first-order valence-electron chi connectivity index (χ1n) is 25.9. The van der Waals surface area contributed by atoms with Crippen molar-refractivity contribution in [2.24, 2.45) is 5.92 Å². The highest BCUT2D eigenvalue weighted by molar-refractivity contribution is 7.41. The van der Waals surface area contributed by atoms with Crippen molar-refractivity contribution in [3.05, 3.63) is 154 Å². The van der Waals surface area contributed by atoms with Gasteiger partial charge < -0.3 is 52.0 Å². The summed E-state index contributed by atoms with van der Waals surface area (Å²) < 4.78 is 88.4. The lowest BCUT2D eigenvalue weighted by Crippen LogP contribution is -2.39. The molecule has 2 unspecified atom stereocenters. The SMILES string of the molecule is COc1ccc(C(OC[C@H]2O[C@@H](n3nnc4c(NC(=O)c5ccccc5)ncnc43)[C@@H](F)[C@@H]2OP(OCCC#N)OC[C@@H]2C[C@H](O[PH](=O)O)[C@H](n3cnc4c(=O)[nH]c(NC(=O)C(C)C)nc43)O2)(c2ccccc2)c2ccc(OC)cc2)cc1. The zero-order valence-electron chi connectivity index (χ0n) is 44.8. The lowest BCUT2D eigenvalue weighted by Gasteiger charge is -2.37. The maximum Gasteiger partial charge on any atom is 0.333 e. The minimum absolute atomic E-state index is 0.00706. The summed E-state index contributed by atoms with van der Waals surface area (Å²) in [5.41, 5.74) is 0.0681. The molecule has 0 aliphatic carbocycles. The Kier molecular flexibility index (Phi) is 18.3. The molecule has 6 heterocycles. The number of carbonyl (C=O) groups excluding carboxylic acids is 2. The Balaban J connectivity index is 0.985. The predicted octanol–water partition coefficient (Wildman–Crippen LogP) is 7.08. The second-order valence-electron chi connectivity index (χ2n) is 19.1. The van der Waals surface area contributed by atoms with Crippen LogP contribution in [0.5, 0.6) is 11.5 Å². The van der Waals surface area contributed by atoms with E-state index in [0.717, 1.165) is 11.0 Å². The lowest BCUT2D eigenvalue weighted by molar-refractivity contribution is -0.118. The van der Waals surface area contributed by atoms with E-state index in [1.807, 2.05) is 60.7 Å². The van der Waals surface area contributed by atoms with E-state index in [0.29, 0.717) is 33.8 Å². The van der Waals surface area contributed by atoms with Gasteiger partial charge in [-0.2, -0.15) is 14.9 Å². The summed E-state index contributed by atoms with van der Waals surface area (Å²) in [5, 5.41) is 23.4. The lowest BCUT2D eigenvalue weighted by atomic mass is 9.80. The number of hydrogen-bond donors (Lipinski definition) is 4. The summed E-state index contributed by atoms with van der Waals surface area (Å²) in [6.45, 7) is 2.34. The van der Waals surface area contributed by atoms with Gasteiger partial charge in [-0.25, -0.2) is 19.3 Å². The quantitative estimate of drug-likeness (QED) is 0.0267. The van der Waals surface area contributed by atoms with Crippen LogP contribution in [-0.2, 0) is 47.3 Å². The minimum Gasteiger partial charge on any atom is -0.497 e. The van der Waals surface area contributed by atoms with Gasteiger partial charge in [0.15, 0.2) is 46.8 Å². The number of amides is 2.